The minimum atomic E-state index is -1.66. The number of nitrogens with one attached hydrogen (secondary N) is 3. The molecule has 0 spiro atoms. The molecule has 15 heteroatoms. The Hall–Kier alpha value is -4.83. The number of alkyl carbamates (subject to hydrolysis) is 2. The molecule has 276 valence electrons. The highest BCUT2D eigenvalue weighted by atomic mass is 16.6. The minimum absolute atomic E-state index is 0.0158. The Balaban J connectivity index is 1.86. The second-order valence-corrected chi connectivity index (χ2v) is 14.1. The molecule has 1 aromatic heterocycles. The van der Waals surface area contributed by atoms with E-state index in [0.717, 1.165) is 15.7 Å². The number of hydrogen-bond acceptors (Lipinski definition) is 11. The fraction of sp³-hybridized carbons (Fsp3) is 0.472. The van der Waals surface area contributed by atoms with Gasteiger partial charge in [0.05, 0.1) is 26.4 Å². The maximum Gasteiger partial charge on any atom is 0.414 e. The number of aromatic amines is 1. The maximum atomic E-state index is 13.3. The Bertz CT molecular complexity index is 1750. The van der Waals surface area contributed by atoms with Crippen LogP contribution < -0.4 is 21.9 Å². The maximum absolute atomic E-state index is 13.3. The number of ether oxygens (including phenoxy) is 5. The van der Waals surface area contributed by atoms with Crippen molar-refractivity contribution in [3.63, 3.8) is 0 Å². The molecule has 0 bridgehead atoms. The Morgan fingerprint density at radius 2 is 1.43 bits per heavy atom. The lowest BCUT2D eigenvalue weighted by molar-refractivity contribution is -0.175. The third-order valence-electron chi connectivity index (χ3n) is 7.41. The van der Waals surface area contributed by atoms with Gasteiger partial charge in [-0.2, -0.15) is 0 Å². The summed E-state index contributed by atoms with van der Waals surface area (Å²) in [7, 11) is 0. The van der Waals surface area contributed by atoms with Gasteiger partial charge >= 0.3 is 17.9 Å². The van der Waals surface area contributed by atoms with E-state index < -0.39 is 71.2 Å². The lowest BCUT2D eigenvalue weighted by atomic mass is 9.95. The summed E-state index contributed by atoms with van der Waals surface area (Å²) in [6, 6.07) is 17.3. The van der Waals surface area contributed by atoms with Crippen LogP contribution in [0.5, 0.6) is 0 Å². The molecule has 15 nitrogen and oxygen atoms in total. The summed E-state index contributed by atoms with van der Waals surface area (Å²) in [4.78, 5) is 58.7. The van der Waals surface area contributed by atoms with E-state index in [2.05, 4.69) is 15.6 Å². The normalized spacial score (nSPS) is 20.4. The number of nitrogens with zero attached hydrogens (tertiary/aromatic N) is 2. The second kappa shape index (κ2) is 16.5. The molecule has 1 fully saturated rings. The fourth-order valence-electron chi connectivity index (χ4n) is 5.23. The molecule has 4 N–H and O–H groups in total. The van der Waals surface area contributed by atoms with Gasteiger partial charge in [-0.25, -0.2) is 19.4 Å². The number of aliphatic hydroxyl groups excluding tert-OH is 1. The summed E-state index contributed by atoms with van der Waals surface area (Å²) in [5.74, 6) is -0.418. The van der Waals surface area contributed by atoms with E-state index in [1.165, 1.54) is 13.1 Å². The van der Waals surface area contributed by atoms with Crippen molar-refractivity contribution in [2.24, 2.45) is 4.99 Å². The highest BCUT2D eigenvalue weighted by molar-refractivity contribution is 6.01. The van der Waals surface area contributed by atoms with Crippen LogP contribution in [0.4, 0.5) is 9.59 Å². The van der Waals surface area contributed by atoms with Gasteiger partial charge in [-0.05, 0) is 59.6 Å². The van der Waals surface area contributed by atoms with Crippen molar-refractivity contribution >= 4 is 18.1 Å². The first-order valence-electron chi connectivity index (χ1n) is 16.4. The molecule has 51 heavy (non-hydrogen) atoms. The third-order valence-corrected chi connectivity index (χ3v) is 7.41. The predicted octanol–water partition coefficient (Wildman–Crippen LogP) is 3.68. The first-order chi connectivity index (χ1) is 24.0. The van der Waals surface area contributed by atoms with Crippen LogP contribution in [0.2, 0.25) is 0 Å². The van der Waals surface area contributed by atoms with Gasteiger partial charge in [0.1, 0.15) is 28.9 Å². The lowest BCUT2D eigenvalue weighted by Crippen LogP contribution is -2.52. The van der Waals surface area contributed by atoms with E-state index in [1.54, 1.807) is 41.5 Å². The zero-order valence-electron chi connectivity index (χ0n) is 29.9. The number of H-pyrrole nitrogens is 1. The standard InChI is InChI=1S/C36H47N5O10/c1-23-18-41(31(44)38-28(23)43)29-26(37-30(39-32(45)50-34(2,3)4)40-33(46)51-35(5,6)7)27(48-20-25-16-12-9-13-17-25)36(21-42,49-29)22-47-19-24-14-10-8-11-15-24/h8-18,26-27,29,42H,19-22H2,1-7H3,(H,38,43,44)(H2,37,39,40,45,46)/t26-,27+,29-,36-/m1/s1. The van der Waals surface area contributed by atoms with E-state index in [0.29, 0.717) is 0 Å². The monoisotopic (exact) mass is 709 g/mol. The van der Waals surface area contributed by atoms with Gasteiger partial charge in [0, 0.05) is 11.8 Å². The van der Waals surface area contributed by atoms with Crippen molar-refractivity contribution < 1.29 is 38.4 Å². The molecule has 0 saturated carbocycles. The second-order valence-electron chi connectivity index (χ2n) is 14.1. The summed E-state index contributed by atoms with van der Waals surface area (Å²) in [5.41, 5.74) is -3.11. The molecule has 1 aliphatic rings. The Labute approximate surface area is 295 Å². The van der Waals surface area contributed by atoms with E-state index in [-0.39, 0.29) is 25.4 Å². The molecular formula is C36H47N5O10. The first-order valence-corrected chi connectivity index (χ1v) is 16.4. The molecule has 1 aliphatic heterocycles. The summed E-state index contributed by atoms with van der Waals surface area (Å²) in [6.07, 6.45) is -3.16. The van der Waals surface area contributed by atoms with Gasteiger partial charge in [0.25, 0.3) is 5.56 Å². The van der Waals surface area contributed by atoms with Crippen molar-refractivity contribution in [3.8, 4) is 0 Å². The van der Waals surface area contributed by atoms with Crippen LogP contribution in [-0.2, 0) is 36.9 Å². The Morgan fingerprint density at radius 1 is 0.902 bits per heavy atom. The number of carbonyl (C=O) groups is 2. The van der Waals surface area contributed by atoms with Gasteiger partial charge in [-0.1, -0.05) is 60.7 Å². The molecule has 2 amide bonds. The number of guanidine groups is 1. The number of carbonyl (C=O) groups excluding carboxylic acids is 2. The highest BCUT2D eigenvalue weighted by Gasteiger charge is 2.57. The van der Waals surface area contributed by atoms with Crippen LogP contribution in [0.3, 0.4) is 0 Å². The average Bonchev–Trinajstić information content (AvgIpc) is 3.33. The Morgan fingerprint density at radius 3 is 1.94 bits per heavy atom. The zero-order chi connectivity index (χ0) is 37.4. The van der Waals surface area contributed by atoms with Crippen molar-refractivity contribution in [1.82, 2.24) is 20.2 Å². The highest BCUT2D eigenvalue weighted by Crippen LogP contribution is 2.41. The number of aromatic nitrogens is 2. The third kappa shape index (κ3) is 11.1. The zero-order valence-corrected chi connectivity index (χ0v) is 29.9. The van der Waals surface area contributed by atoms with Crippen LogP contribution in [0.25, 0.3) is 0 Å². The van der Waals surface area contributed by atoms with E-state index in [9.17, 15) is 24.3 Å². The molecule has 0 unspecified atom stereocenters. The van der Waals surface area contributed by atoms with E-state index in [4.69, 9.17) is 28.7 Å². The van der Waals surface area contributed by atoms with Gasteiger partial charge in [-0.3, -0.25) is 25.0 Å². The average molecular weight is 710 g/mol. The van der Waals surface area contributed by atoms with Gasteiger partial charge < -0.3 is 28.8 Å². The van der Waals surface area contributed by atoms with Gasteiger partial charge in [-0.15, -0.1) is 0 Å². The van der Waals surface area contributed by atoms with E-state index >= 15 is 0 Å². The fourth-order valence-corrected chi connectivity index (χ4v) is 5.23. The summed E-state index contributed by atoms with van der Waals surface area (Å²) in [6.45, 7) is 10.8. The van der Waals surface area contributed by atoms with Crippen LogP contribution in [0.1, 0.15) is 64.5 Å². The van der Waals surface area contributed by atoms with Crippen molar-refractivity contribution in [3.05, 3.63) is 104 Å². The van der Waals surface area contributed by atoms with Crippen LogP contribution in [0.15, 0.2) is 81.4 Å². The number of aliphatic imine (C=N–C) groups is 1. The molecule has 4 rings (SSSR count). The molecule has 2 aromatic carbocycles. The van der Waals surface area contributed by atoms with Crippen molar-refractivity contribution in [2.45, 2.75) is 96.9 Å². The van der Waals surface area contributed by atoms with Crippen molar-refractivity contribution in [1.29, 1.82) is 0 Å². The molecular weight excluding hydrogens is 662 g/mol. The number of hydrogen-bond donors (Lipinski definition) is 4. The smallest absolute Gasteiger partial charge is 0.414 e. The van der Waals surface area contributed by atoms with Crippen molar-refractivity contribution in [2.75, 3.05) is 13.2 Å². The van der Waals surface area contributed by atoms with Gasteiger partial charge in [0.2, 0.25) is 5.96 Å². The lowest BCUT2D eigenvalue weighted by Gasteiger charge is -2.33. The molecule has 0 aliphatic carbocycles. The summed E-state index contributed by atoms with van der Waals surface area (Å²) >= 11 is 0. The predicted molar refractivity (Wildman–Crippen MR) is 187 cm³/mol. The Kier molecular flexibility index (Phi) is 12.6. The molecule has 4 atom stereocenters. The largest absolute Gasteiger partial charge is 0.444 e. The number of aliphatic hydroxyl groups is 1. The molecule has 2 heterocycles. The molecule has 0 radical (unpaired) electrons. The quantitative estimate of drug-likeness (QED) is 0.178. The number of amides is 2. The topological polar surface area (TPSA) is 192 Å². The van der Waals surface area contributed by atoms with Gasteiger partial charge in [0.15, 0.2) is 6.23 Å². The number of benzene rings is 2. The first kappa shape index (κ1) is 39.0. The van der Waals surface area contributed by atoms with Crippen LogP contribution in [0, 0.1) is 6.92 Å². The van der Waals surface area contributed by atoms with Crippen LogP contribution >= 0.6 is 0 Å². The van der Waals surface area contributed by atoms with Crippen LogP contribution in [-0.4, -0.2) is 75.0 Å². The number of aryl methyl sites for hydroxylation is 1. The summed E-state index contributed by atoms with van der Waals surface area (Å²) in [5, 5.41) is 16.0. The number of rotatable bonds is 10. The molecule has 3 aromatic rings. The SMILES string of the molecule is Cc1cn([C@@H]2O[C@](CO)(COCc3ccccc3)[C@@H](OCc3ccccc3)[C@H]2N=C(NC(=O)OC(C)(C)C)NC(=O)OC(C)(C)C)c(=O)[nH]c1=O. The molecule has 1 saturated heterocycles. The minimum Gasteiger partial charge on any atom is -0.444 e. The summed E-state index contributed by atoms with van der Waals surface area (Å²) < 4.78 is 31.1. The van der Waals surface area contributed by atoms with E-state index in [1.807, 2.05) is 60.7 Å².